The van der Waals surface area contributed by atoms with Crippen LogP contribution in [0.5, 0.6) is 0 Å². The summed E-state index contributed by atoms with van der Waals surface area (Å²) in [7, 11) is 0. The highest BCUT2D eigenvalue weighted by Crippen LogP contribution is 2.44. The van der Waals surface area contributed by atoms with Crippen molar-refractivity contribution in [1.82, 2.24) is 19.5 Å². The molecule has 0 saturated carbocycles. The summed E-state index contributed by atoms with van der Waals surface area (Å²) in [5.74, 6) is -1.00. The SMILES string of the molecule is CC(=O)OC[C@H]1O[C@@H](n2cnc3c(NC(=O)Nc4ccccc4)ncnc32)[C@@H]2OC(C)(C)O[C@@H]21. The van der Waals surface area contributed by atoms with Crippen molar-refractivity contribution in [2.45, 2.75) is 51.1 Å². The van der Waals surface area contributed by atoms with E-state index in [0.717, 1.165) is 0 Å². The molecule has 3 aromatic rings. The number of esters is 1. The van der Waals surface area contributed by atoms with Gasteiger partial charge in [0.25, 0.3) is 0 Å². The molecule has 0 unspecified atom stereocenters. The standard InChI is InChI=1S/C22H24N6O6/c1-12(29)31-9-14-16-17(34-22(2,3)33-16)20(32-14)28-11-25-15-18(23-10-24-19(15)28)27-21(30)26-13-7-5-4-6-8-13/h4-8,10-11,14,16-17,20H,9H2,1-3H3,(H2,23,24,26,27,30)/t14-,16-,17-,20-/m1/s1. The third-order valence-electron chi connectivity index (χ3n) is 5.47. The summed E-state index contributed by atoms with van der Waals surface area (Å²) in [5, 5.41) is 5.44. The summed E-state index contributed by atoms with van der Waals surface area (Å²) in [6.07, 6.45) is 0.766. The molecule has 178 valence electrons. The minimum absolute atomic E-state index is 0.0283. The number of rotatable bonds is 5. The first-order chi connectivity index (χ1) is 16.3. The number of amides is 2. The molecule has 12 nitrogen and oxygen atoms in total. The van der Waals surface area contributed by atoms with Gasteiger partial charge in [0, 0.05) is 12.6 Å². The molecule has 5 rings (SSSR count). The number of nitrogens with zero attached hydrogens (tertiary/aromatic N) is 4. The molecule has 0 radical (unpaired) electrons. The van der Waals surface area contributed by atoms with Crippen LogP contribution in [0.25, 0.3) is 11.2 Å². The molecule has 4 atom stereocenters. The number of hydrogen-bond donors (Lipinski definition) is 2. The quantitative estimate of drug-likeness (QED) is 0.541. The lowest BCUT2D eigenvalue weighted by Gasteiger charge is -2.24. The van der Waals surface area contributed by atoms with Crippen molar-refractivity contribution in [3.8, 4) is 0 Å². The number of anilines is 2. The Morgan fingerprint density at radius 2 is 1.85 bits per heavy atom. The maximum atomic E-state index is 12.5. The van der Waals surface area contributed by atoms with Crippen LogP contribution in [-0.4, -0.2) is 62.2 Å². The first kappa shape index (κ1) is 22.2. The molecule has 1 aromatic carbocycles. The second-order valence-electron chi connectivity index (χ2n) is 8.42. The monoisotopic (exact) mass is 468 g/mol. The molecule has 2 aliphatic rings. The van der Waals surface area contributed by atoms with Crippen molar-refractivity contribution < 1.29 is 28.5 Å². The number of para-hydroxylation sites is 1. The zero-order valence-electron chi connectivity index (χ0n) is 18.8. The molecule has 2 fully saturated rings. The van der Waals surface area contributed by atoms with Crippen LogP contribution in [0.3, 0.4) is 0 Å². The summed E-state index contributed by atoms with van der Waals surface area (Å²) in [6, 6.07) is 8.58. The lowest BCUT2D eigenvalue weighted by Crippen LogP contribution is -2.33. The fourth-order valence-corrected chi connectivity index (χ4v) is 4.14. The van der Waals surface area contributed by atoms with Gasteiger partial charge in [0.05, 0.1) is 6.33 Å². The van der Waals surface area contributed by atoms with Crippen molar-refractivity contribution in [2.75, 3.05) is 17.2 Å². The maximum absolute atomic E-state index is 12.5. The second kappa shape index (κ2) is 8.63. The van der Waals surface area contributed by atoms with E-state index in [0.29, 0.717) is 16.9 Å². The van der Waals surface area contributed by atoms with Crippen molar-refractivity contribution in [1.29, 1.82) is 0 Å². The molecule has 2 amide bonds. The van der Waals surface area contributed by atoms with Crippen molar-refractivity contribution in [3.05, 3.63) is 43.0 Å². The summed E-state index contributed by atoms with van der Waals surface area (Å²) >= 11 is 0. The van der Waals surface area contributed by atoms with E-state index in [-0.39, 0.29) is 12.4 Å². The number of benzene rings is 1. The van der Waals surface area contributed by atoms with Crippen LogP contribution in [0.15, 0.2) is 43.0 Å². The van der Waals surface area contributed by atoms with Crippen molar-refractivity contribution >= 4 is 34.7 Å². The highest BCUT2D eigenvalue weighted by atomic mass is 16.8. The van der Waals surface area contributed by atoms with Gasteiger partial charge < -0.3 is 24.3 Å². The Morgan fingerprint density at radius 1 is 1.09 bits per heavy atom. The van der Waals surface area contributed by atoms with Crippen molar-refractivity contribution in [2.24, 2.45) is 0 Å². The van der Waals surface area contributed by atoms with E-state index in [1.807, 2.05) is 32.0 Å². The highest BCUT2D eigenvalue weighted by Gasteiger charge is 2.56. The van der Waals surface area contributed by atoms with Crippen LogP contribution in [-0.2, 0) is 23.7 Å². The molecule has 12 heteroatoms. The molecule has 0 spiro atoms. The molecule has 0 aliphatic carbocycles. The van der Waals surface area contributed by atoms with E-state index >= 15 is 0 Å². The molecule has 2 N–H and O–H groups in total. The number of hydrogen-bond acceptors (Lipinski definition) is 9. The Kier molecular flexibility index (Phi) is 5.63. The summed E-state index contributed by atoms with van der Waals surface area (Å²) in [4.78, 5) is 36.7. The van der Waals surface area contributed by atoms with Gasteiger partial charge in [-0.1, -0.05) is 18.2 Å². The van der Waals surface area contributed by atoms with Gasteiger partial charge in [-0.25, -0.2) is 19.7 Å². The largest absolute Gasteiger partial charge is 0.463 e. The van der Waals surface area contributed by atoms with E-state index in [4.69, 9.17) is 18.9 Å². The number of aromatic nitrogens is 4. The Hall–Kier alpha value is -3.61. The summed E-state index contributed by atoms with van der Waals surface area (Å²) in [6.45, 7) is 4.99. The van der Waals surface area contributed by atoms with Gasteiger partial charge in [-0.3, -0.25) is 14.7 Å². The Labute approximate surface area is 194 Å². The average molecular weight is 468 g/mol. The van der Waals surface area contributed by atoms with Crippen LogP contribution < -0.4 is 10.6 Å². The fourth-order valence-electron chi connectivity index (χ4n) is 4.14. The lowest BCUT2D eigenvalue weighted by molar-refractivity contribution is -0.201. The van der Waals surface area contributed by atoms with E-state index in [2.05, 4.69) is 25.6 Å². The second-order valence-corrected chi connectivity index (χ2v) is 8.42. The predicted octanol–water partition coefficient (Wildman–Crippen LogP) is 2.45. The van der Waals surface area contributed by atoms with Gasteiger partial charge in [0.1, 0.15) is 31.2 Å². The molecule has 4 heterocycles. The van der Waals surface area contributed by atoms with Crippen LogP contribution in [0.4, 0.5) is 16.3 Å². The van der Waals surface area contributed by atoms with Gasteiger partial charge in [0.2, 0.25) is 0 Å². The number of carbonyl (C=O) groups excluding carboxylic acids is 2. The van der Waals surface area contributed by atoms with Crippen LogP contribution in [0.1, 0.15) is 27.0 Å². The number of imidazole rings is 1. The molecule has 0 bridgehead atoms. The van der Waals surface area contributed by atoms with E-state index in [9.17, 15) is 9.59 Å². The smallest absolute Gasteiger partial charge is 0.324 e. The zero-order chi connectivity index (χ0) is 23.9. The minimum Gasteiger partial charge on any atom is -0.463 e. The highest BCUT2D eigenvalue weighted by molar-refractivity contribution is 6.02. The lowest BCUT2D eigenvalue weighted by atomic mass is 10.1. The van der Waals surface area contributed by atoms with Crippen LogP contribution >= 0.6 is 0 Å². The topological polar surface area (TPSA) is 139 Å². The first-order valence-electron chi connectivity index (χ1n) is 10.8. The number of ether oxygens (including phenoxy) is 4. The molecule has 34 heavy (non-hydrogen) atoms. The summed E-state index contributed by atoms with van der Waals surface area (Å²) in [5.41, 5.74) is 1.46. The van der Waals surface area contributed by atoms with Crippen LogP contribution in [0.2, 0.25) is 0 Å². The molecule has 2 aliphatic heterocycles. The molecular formula is C22H24N6O6. The number of carbonyl (C=O) groups is 2. The van der Waals surface area contributed by atoms with Gasteiger partial charge in [-0.15, -0.1) is 0 Å². The fraction of sp³-hybridized carbons (Fsp3) is 0.409. The Balaban J connectivity index is 1.40. The van der Waals surface area contributed by atoms with Crippen LogP contribution in [0, 0.1) is 0 Å². The van der Waals surface area contributed by atoms with E-state index in [1.165, 1.54) is 13.3 Å². The third-order valence-corrected chi connectivity index (χ3v) is 5.47. The molecule has 2 saturated heterocycles. The molecule has 2 aromatic heterocycles. The van der Waals surface area contributed by atoms with E-state index in [1.54, 1.807) is 23.0 Å². The third kappa shape index (κ3) is 4.30. The van der Waals surface area contributed by atoms with Crippen molar-refractivity contribution in [3.63, 3.8) is 0 Å². The Morgan fingerprint density at radius 3 is 2.62 bits per heavy atom. The normalized spacial score (nSPS) is 25.1. The van der Waals surface area contributed by atoms with Gasteiger partial charge in [0.15, 0.2) is 29.0 Å². The Bertz CT molecular complexity index is 1220. The average Bonchev–Trinajstić information content (AvgIpc) is 3.44. The number of fused-ring (bicyclic) bond motifs is 2. The zero-order valence-corrected chi connectivity index (χ0v) is 18.8. The van der Waals surface area contributed by atoms with E-state index < -0.39 is 42.3 Å². The predicted molar refractivity (Wildman–Crippen MR) is 119 cm³/mol. The van der Waals surface area contributed by atoms with Gasteiger partial charge in [-0.2, -0.15) is 0 Å². The first-order valence-corrected chi connectivity index (χ1v) is 10.8. The maximum Gasteiger partial charge on any atom is 0.324 e. The number of nitrogens with one attached hydrogen (secondary N) is 2. The van der Waals surface area contributed by atoms with Gasteiger partial charge in [-0.05, 0) is 26.0 Å². The minimum atomic E-state index is -0.834. The number of urea groups is 1. The summed E-state index contributed by atoms with van der Waals surface area (Å²) < 4.78 is 25.1. The van der Waals surface area contributed by atoms with Gasteiger partial charge >= 0.3 is 12.0 Å². The molecular weight excluding hydrogens is 444 g/mol.